The summed E-state index contributed by atoms with van der Waals surface area (Å²) in [5, 5.41) is 3.21. The lowest BCUT2D eigenvalue weighted by Gasteiger charge is -2.34. The van der Waals surface area contributed by atoms with Crippen molar-refractivity contribution in [3.8, 4) is 0 Å². The molecule has 0 unspecified atom stereocenters. The van der Waals surface area contributed by atoms with Gasteiger partial charge in [0.05, 0.1) is 24.7 Å². The highest BCUT2D eigenvalue weighted by Crippen LogP contribution is 2.25. The molecule has 2 aromatic heterocycles. The molecule has 2 amide bonds. The minimum atomic E-state index is -0.0738. The van der Waals surface area contributed by atoms with E-state index in [1.54, 1.807) is 22.4 Å². The molecule has 0 radical (unpaired) electrons. The van der Waals surface area contributed by atoms with Crippen molar-refractivity contribution >= 4 is 17.2 Å². The maximum Gasteiger partial charge on any atom is 0.330 e. The van der Waals surface area contributed by atoms with E-state index in [1.165, 1.54) is 19.3 Å². The number of aromatic nitrogens is 3. The molecule has 0 spiro atoms. The van der Waals surface area contributed by atoms with Gasteiger partial charge in [-0.25, -0.2) is 14.6 Å². The molecule has 8 heteroatoms. The number of carbonyl (C=O) groups is 1. The predicted molar refractivity (Wildman–Crippen MR) is 111 cm³/mol. The molecule has 8 nitrogen and oxygen atoms in total. The number of piperidine rings is 1. The molecule has 0 bridgehead atoms. The molecule has 1 aliphatic heterocycles. The van der Waals surface area contributed by atoms with E-state index in [1.807, 2.05) is 17.0 Å². The van der Waals surface area contributed by atoms with Gasteiger partial charge < -0.3 is 15.0 Å². The van der Waals surface area contributed by atoms with Gasteiger partial charge in [-0.1, -0.05) is 19.3 Å². The van der Waals surface area contributed by atoms with Gasteiger partial charge in [-0.3, -0.25) is 9.13 Å². The van der Waals surface area contributed by atoms with Crippen LogP contribution in [0, 0.1) is 0 Å². The Hall–Kier alpha value is -2.35. The fourth-order valence-corrected chi connectivity index (χ4v) is 4.70. The Morgan fingerprint density at radius 1 is 1.24 bits per heavy atom. The summed E-state index contributed by atoms with van der Waals surface area (Å²) in [4.78, 5) is 32.4. The van der Waals surface area contributed by atoms with Crippen molar-refractivity contribution in [2.24, 2.45) is 0 Å². The van der Waals surface area contributed by atoms with Crippen molar-refractivity contribution in [3.05, 3.63) is 28.8 Å². The van der Waals surface area contributed by atoms with Crippen molar-refractivity contribution in [2.75, 3.05) is 26.8 Å². The molecular weight excluding hydrogens is 370 g/mol. The molecular formula is C21H31N5O3. The molecule has 4 rings (SSSR count). The van der Waals surface area contributed by atoms with Crippen LogP contribution in [0.25, 0.3) is 11.2 Å². The van der Waals surface area contributed by atoms with Gasteiger partial charge >= 0.3 is 11.7 Å². The molecule has 1 atom stereocenters. The third-order valence-corrected chi connectivity index (χ3v) is 6.22. The highest BCUT2D eigenvalue weighted by Gasteiger charge is 2.29. The summed E-state index contributed by atoms with van der Waals surface area (Å²) in [5.41, 5.74) is 1.43. The number of fused-ring (bicyclic) bond motifs is 1. The summed E-state index contributed by atoms with van der Waals surface area (Å²) in [5.74, 6) is 0. The average Bonchev–Trinajstić information content (AvgIpc) is 3.04. The van der Waals surface area contributed by atoms with Crippen LogP contribution in [0.2, 0.25) is 0 Å². The number of nitrogens with one attached hydrogen (secondary N) is 1. The maximum atomic E-state index is 13.2. The van der Waals surface area contributed by atoms with Crippen LogP contribution in [0.15, 0.2) is 23.1 Å². The zero-order valence-electron chi connectivity index (χ0n) is 17.2. The first-order chi connectivity index (χ1) is 14.2. The Morgan fingerprint density at radius 2 is 2.07 bits per heavy atom. The number of nitrogens with zero attached hydrogens (tertiary/aromatic N) is 4. The van der Waals surface area contributed by atoms with E-state index < -0.39 is 0 Å². The predicted octanol–water partition coefficient (Wildman–Crippen LogP) is 2.52. The van der Waals surface area contributed by atoms with Crippen molar-refractivity contribution in [2.45, 2.75) is 63.6 Å². The lowest BCUT2D eigenvalue weighted by atomic mass is 9.95. The first kappa shape index (κ1) is 19.9. The minimum absolute atomic E-state index is 0.00530. The Labute approximate surface area is 170 Å². The number of imidazole rings is 1. The van der Waals surface area contributed by atoms with Gasteiger partial charge in [0.15, 0.2) is 5.65 Å². The fourth-order valence-electron chi connectivity index (χ4n) is 4.70. The van der Waals surface area contributed by atoms with E-state index in [2.05, 4.69) is 10.3 Å². The van der Waals surface area contributed by atoms with Crippen LogP contribution in [0.4, 0.5) is 4.79 Å². The number of likely N-dealkylation sites (tertiary alicyclic amines) is 1. The molecule has 2 fully saturated rings. The number of rotatable bonds is 5. The molecule has 1 saturated carbocycles. The van der Waals surface area contributed by atoms with Crippen molar-refractivity contribution in [3.63, 3.8) is 0 Å². The molecule has 1 aliphatic carbocycles. The molecule has 158 valence electrons. The van der Waals surface area contributed by atoms with Crippen LogP contribution < -0.4 is 11.0 Å². The highest BCUT2D eigenvalue weighted by atomic mass is 16.5. The number of ether oxygens (including phenoxy) is 1. The van der Waals surface area contributed by atoms with Crippen LogP contribution >= 0.6 is 0 Å². The van der Waals surface area contributed by atoms with Crippen LogP contribution in [0.5, 0.6) is 0 Å². The van der Waals surface area contributed by atoms with E-state index in [0.29, 0.717) is 25.3 Å². The maximum absolute atomic E-state index is 13.2. The third-order valence-electron chi connectivity index (χ3n) is 6.22. The van der Waals surface area contributed by atoms with Crippen molar-refractivity contribution in [1.29, 1.82) is 0 Å². The zero-order valence-corrected chi connectivity index (χ0v) is 17.2. The second-order valence-corrected chi connectivity index (χ2v) is 8.17. The molecule has 1 N–H and O–H groups in total. The van der Waals surface area contributed by atoms with Crippen LogP contribution in [-0.2, 0) is 11.3 Å². The van der Waals surface area contributed by atoms with Crippen LogP contribution in [0.1, 0.15) is 51.0 Å². The normalized spacial score (nSPS) is 20.9. The molecule has 1 saturated heterocycles. The molecule has 0 aromatic carbocycles. The van der Waals surface area contributed by atoms with E-state index in [9.17, 15) is 9.59 Å². The number of pyridine rings is 1. The summed E-state index contributed by atoms with van der Waals surface area (Å²) < 4.78 is 8.69. The van der Waals surface area contributed by atoms with Gasteiger partial charge in [-0.2, -0.15) is 0 Å². The topological polar surface area (TPSA) is 81.4 Å². The van der Waals surface area contributed by atoms with Crippen molar-refractivity contribution < 1.29 is 9.53 Å². The number of urea groups is 1. The quantitative estimate of drug-likeness (QED) is 0.835. The van der Waals surface area contributed by atoms with Gasteiger partial charge in [-0.15, -0.1) is 0 Å². The van der Waals surface area contributed by atoms with Gasteiger partial charge in [-0.05, 0) is 37.8 Å². The summed E-state index contributed by atoms with van der Waals surface area (Å²) in [7, 11) is 1.63. The highest BCUT2D eigenvalue weighted by molar-refractivity contribution is 5.75. The summed E-state index contributed by atoms with van der Waals surface area (Å²) >= 11 is 0. The number of methoxy groups -OCH3 is 1. The summed E-state index contributed by atoms with van der Waals surface area (Å²) in [6.07, 6.45) is 9.25. The Kier molecular flexibility index (Phi) is 6.18. The standard InChI is InChI=1S/C21H31N5O3/c1-29-14-13-25-18-10-5-11-22-19(18)26(21(25)28)17-9-6-12-24(15-17)20(27)23-16-7-3-2-4-8-16/h5,10-11,16-17H,2-4,6-9,12-15H2,1H3,(H,23,27)/t17-/m0/s1. The van der Waals surface area contributed by atoms with E-state index >= 15 is 0 Å². The second-order valence-electron chi connectivity index (χ2n) is 8.17. The summed E-state index contributed by atoms with van der Waals surface area (Å²) in [6, 6.07) is 4.00. The van der Waals surface area contributed by atoms with Gasteiger partial charge in [0, 0.05) is 32.4 Å². The van der Waals surface area contributed by atoms with Crippen LogP contribution in [-0.4, -0.2) is 57.9 Å². The van der Waals surface area contributed by atoms with E-state index in [4.69, 9.17) is 4.74 Å². The number of hydrogen-bond donors (Lipinski definition) is 1. The first-order valence-corrected chi connectivity index (χ1v) is 10.8. The number of carbonyl (C=O) groups excluding carboxylic acids is 1. The first-order valence-electron chi connectivity index (χ1n) is 10.8. The second kappa shape index (κ2) is 8.98. The van der Waals surface area contributed by atoms with Gasteiger partial charge in [0.2, 0.25) is 0 Å². The van der Waals surface area contributed by atoms with Crippen LogP contribution in [0.3, 0.4) is 0 Å². The number of hydrogen-bond acceptors (Lipinski definition) is 4. The van der Waals surface area contributed by atoms with E-state index in [0.717, 1.165) is 37.7 Å². The van der Waals surface area contributed by atoms with Crippen molar-refractivity contribution in [1.82, 2.24) is 24.3 Å². The lowest BCUT2D eigenvalue weighted by molar-refractivity contribution is 0.160. The lowest BCUT2D eigenvalue weighted by Crippen LogP contribution is -2.50. The molecule has 2 aliphatic rings. The minimum Gasteiger partial charge on any atom is -0.383 e. The van der Waals surface area contributed by atoms with Gasteiger partial charge in [0.25, 0.3) is 0 Å². The van der Waals surface area contributed by atoms with Gasteiger partial charge in [0.1, 0.15) is 0 Å². The smallest absolute Gasteiger partial charge is 0.330 e. The Morgan fingerprint density at radius 3 is 2.86 bits per heavy atom. The average molecular weight is 402 g/mol. The Bertz CT molecular complexity index is 899. The Balaban J connectivity index is 1.55. The fraction of sp³-hybridized carbons (Fsp3) is 0.667. The summed E-state index contributed by atoms with van der Waals surface area (Å²) in [6.45, 7) is 2.23. The molecule has 29 heavy (non-hydrogen) atoms. The molecule has 3 heterocycles. The zero-order chi connectivity index (χ0) is 20.2. The van der Waals surface area contributed by atoms with E-state index in [-0.39, 0.29) is 23.8 Å². The number of amides is 2. The largest absolute Gasteiger partial charge is 0.383 e. The monoisotopic (exact) mass is 401 g/mol. The molecule has 2 aromatic rings. The third kappa shape index (κ3) is 4.17. The SMILES string of the molecule is COCCn1c(=O)n([C@H]2CCCN(C(=O)NC3CCCCC3)C2)c2ncccc21.